The number of halogens is 1. The minimum atomic E-state index is -0.954. The molecule has 0 aliphatic heterocycles. The first kappa shape index (κ1) is 15.0. The SMILES string of the molecule is CCCCCCCCc1cccc(C(=O)O)c1Cl. The first-order chi connectivity index (χ1) is 8.66. The van der Waals surface area contributed by atoms with Crippen LogP contribution in [0.5, 0.6) is 0 Å². The van der Waals surface area contributed by atoms with Crippen LogP contribution in [-0.4, -0.2) is 11.1 Å². The molecule has 0 radical (unpaired) electrons. The van der Waals surface area contributed by atoms with E-state index in [2.05, 4.69) is 6.92 Å². The molecule has 0 saturated heterocycles. The van der Waals surface area contributed by atoms with E-state index in [-0.39, 0.29) is 5.56 Å². The van der Waals surface area contributed by atoms with E-state index in [1.165, 1.54) is 32.1 Å². The van der Waals surface area contributed by atoms with Gasteiger partial charge in [0, 0.05) is 0 Å². The van der Waals surface area contributed by atoms with Crippen molar-refractivity contribution in [1.29, 1.82) is 0 Å². The number of benzene rings is 1. The van der Waals surface area contributed by atoms with Gasteiger partial charge < -0.3 is 5.11 Å². The Hall–Kier alpha value is -1.02. The summed E-state index contributed by atoms with van der Waals surface area (Å²) in [5.41, 5.74) is 1.16. The fourth-order valence-electron chi connectivity index (χ4n) is 2.03. The van der Waals surface area contributed by atoms with Gasteiger partial charge in [-0.15, -0.1) is 0 Å². The maximum Gasteiger partial charge on any atom is 0.337 e. The lowest BCUT2D eigenvalue weighted by Crippen LogP contribution is -2.00. The molecule has 0 aliphatic carbocycles. The minimum Gasteiger partial charge on any atom is -0.478 e. The first-order valence-electron chi connectivity index (χ1n) is 6.67. The lowest BCUT2D eigenvalue weighted by molar-refractivity contribution is 0.0697. The topological polar surface area (TPSA) is 37.3 Å². The monoisotopic (exact) mass is 268 g/mol. The molecule has 1 N–H and O–H groups in total. The second-order valence-corrected chi connectivity index (χ2v) is 4.98. The molecule has 0 atom stereocenters. The number of aromatic carboxylic acids is 1. The first-order valence-corrected chi connectivity index (χ1v) is 7.05. The third-order valence-corrected chi connectivity index (χ3v) is 3.56. The van der Waals surface area contributed by atoms with E-state index in [9.17, 15) is 4.79 Å². The van der Waals surface area contributed by atoms with Gasteiger partial charge in [0.25, 0.3) is 0 Å². The maximum absolute atomic E-state index is 10.9. The van der Waals surface area contributed by atoms with E-state index >= 15 is 0 Å². The van der Waals surface area contributed by atoms with Gasteiger partial charge in [0.05, 0.1) is 10.6 Å². The van der Waals surface area contributed by atoms with E-state index in [1.807, 2.05) is 6.07 Å². The van der Waals surface area contributed by atoms with Gasteiger partial charge in [-0.05, 0) is 24.5 Å². The standard InChI is InChI=1S/C15H21ClO2/c1-2-3-4-5-6-7-9-12-10-8-11-13(14(12)16)15(17)18/h8,10-11H,2-7,9H2,1H3,(H,17,18). The van der Waals surface area contributed by atoms with E-state index < -0.39 is 5.97 Å². The van der Waals surface area contributed by atoms with Gasteiger partial charge in [-0.2, -0.15) is 0 Å². The normalized spacial score (nSPS) is 10.6. The van der Waals surface area contributed by atoms with Gasteiger partial charge in [0.1, 0.15) is 0 Å². The van der Waals surface area contributed by atoms with E-state index in [4.69, 9.17) is 16.7 Å². The Balaban J connectivity index is 2.43. The van der Waals surface area contributed by atoms with Crippen molar-refractivity contribution in [2.24, 2.45) is 0 Å². The second kappa shape index (κ2) is 8.15. The lowest BCUT2D eigenvalue weighted by atomic mass is 10.0. The van der Waals surface area contributed by atoms with Crippen molar-refractivity contribution in [3.05, 3.63) is 34.3 Å². The Morgan fingerprint density at radius 1 is 1.17 bits per heavy atom. The number of carboxylic acids is 1. The fourth-order valence-corrected chi connectivity index (χ4v) is 2.34. The number of rotatable bonds is 8. The quantitative estimate of drug-likeness (QED) is 0.678. The molecular formula is C15H21ClO2. The Kier molecular flexibility index (Phi) is 6.81. The molecule has 3 heteroatoms. The smallest absolute Gasteiger partial charge is 0.337 e. The average Bonchev–Trinajstić information content (AvgIpc) is 2.35. The molecule has 0 fully saturated rings. The zero-order valence-electron chi connectivity index (χ0n) is 10.9. The highest BCUT2D eigenvalue weighted by atomic mass is 35.5. The van der Waals surface area contributed by atoms with Crippen molar-refractivity contribution in [3.8, 4) is 0 Å². The van der Waals surface area contributed by atoms with Gasteiger partial charge >= 0.3 is 5.97 Å². The molecule has 0 spiro atoms. The Morgan fingerprint density at radius 2 is 1.83 bits per heavy atom. The number of carbonyl (C=O) groups is 1. The van der Waals surface area contributed by atoms with Crippen molar-refractivity contribution in [1.82, 2.24) is 0 Å². The number of hydrogen-bond donors (Lipinski definition) is 1. The van der Waals surface area contributed by atoms with E-state index in [0.717, 1.165) is 18.4 Å². The molecule has 0 heterocycles. The summed E-state index contributed by atoms with van der Waals surface area (Å²) < 4.78 is 0. The summed E-state index contributed by atoms with van der Waals surface area (Å²) in [6, 6.07) is 5.23. The van der Waals surface area contributed by atoms with Crippen LogP contribution >= 0.6 is 11.6 Å². The molecule has 1 aromatic carbocycles. The van der Waals surface area contributed by atoms with Crippen LogP contribution in [0.25, 0.3) is 0 Å². The van der Waals surface area contributed by atoms with E-state index in [0.29, 0.717) is 5.02 Å². The third kappa shape index (κ3) is 4.69. The van der Waals surface area contributed by atoms with Crippen LogP contribution in [0, 0.1) is 0 Å². The molecule has 0 aromatic heterocycles. The Labute approximate surface area is 114 Å². The van der Waals surface area contributed by atoms with Crippen LogP contribution in [0.3, 0.4) is 0 Å². The van der Waals surface area contributed by atoms with Crippen molar-refractivity contribution >= 4 is 17.6 Å². The third-order valence-electron chi connectivity index (χ3n) is 3.11. The molecule has 0 saturated carbocycles. The molecule has 0 unspecified atom stereocenters. The highest BCUT2D eigenvalue weighted by molar-refractivity contribution is 6.34. The molecule has 0 amide bonds. The summed E-state index contributed by atoms with van der Waals surface area (Å²) in [5.74, 6) is -0.954. The lowest BCUT2D eigenvalue weighted by Gasteiger charge is -2.06. The average molecular weight is 269 g/mol. The van der Waals surface area contributed by atoms with Gasteiger partial charge in [-0.1, -0.05) is 62.8 Å². The van der Waals surface area contributed by atoms with Gasteiger partial charge in [-0.3, -0.25) is 0 Å². The van der Waals surface area contributed by atoms with Crippen LogP contribution in [0.15, 0.2) is 18.2 Å². The van der Waals surface area contributed by atoms with Crippen LogP contribution in [0.2, 0.25) is 5.02 Å². The Bertz CT molecular complexity index is 388. The zero-order valence-corrected chi connectivity index (χ0v) is 11.7. The van der Waals surface area contributed by atoms with Crippen molar-refractivity contribution in [2.75, 3.05) is 0 Å². The van der Waals surface area contributed by atoms with Gasteiger partial charge in [0.15, 0.2) is 0 Å². The highest BCUT2D eigenvalue weighted by Crippen LogP contribution is 2.23. The van der Waals surface area contributed by atoms with Crippen LogP contribution in [0.1, 0.15) is 61.4 Å². The molecular weight excluding hydrogens is 248 g/mol. The molecule has 100 valence electrons. The molecule has 1 rings (SSSR count). The number of hydrogen-bond acceptors (Lipinski definition) is 1. The van der Waals surface area contributed by atoms with Crippen molar-refractivity contribution < 1.29 is 9.90 Å². The summed E-state index contributed by atoms with van der Waals surface area (Å²) in [6.45, 7) is 2.21. The minimum absolute atomic E-state index is 0.208. The highest BCUT2D eigenvalue weighted by Gasteiger charge is 2.11. The van der Waals surface area contributed by atoms with Crippen LogP contribution in [-0.2, 0) is 6.42 Å². The van der Waals surface area contributed by atoms with Crippen molar-refractivity contribution in [2.45, 2.75) is 51.9 Å². The summed E-state index contributed by atoms with van der Waals surface area (Å²) in [6.07, 6.45) is 8.23. The van der Waals surface area contributed by atoms with E-state index in [1.54, 1.807) is 12.1 Å². The maximum atomic E-state index is 10.9. The largest absolute Gasteiger partial charge is 0.478 e. The molecule has 1 aromatic rings. The van der Waals surface area contributed by atoms with Crippen LogP contribution < -0.4 is 0 Å². The summed E-state index contributed by atoms with van der Waals surface area (Å²) in [5, 5.41) is 9.38. The van der Waals surface area contributed by atoms with Crippen LogP contribution in [0.4, 0.5) is 0 Å². The number of aryl methyl sites for hydroxylation is 1. The molecule has 2 nitrogen and oxygen atoms in total. The van der Waals surface area contributed by atoms with Gasteiger partial charge in [-0.25, -0.2) is 4.79 Å². The second-order valence-electron chi connectivity index (χ2n) is 4.60. The summed E-state index contributed by atoms with van der Waals surface area (Å²) in [7, 11) is 0. The zero-order chi connectivity index (χ0) is 13.4. The summed E-state index contributed by atoms with van der Waals surface area (Å²) in [4.78, 5) is 10.9. The summed E-state index contributed by atoms with van der Waals surface area (Å²) >= 11 is 6.09. The molecule has 0 aliphatic rings. The van der Waals surface area contributed by atoms with Gasteiger partial charge in [0.2, 0.25) is 0 Å². The fraction of sp³-hybridized carbons (Fsp3) is 0.533. The number of unbranched alkanes of at least 4 members (excludes halogenated alkanes) is 5. The van der Waals surface area contributed by atoms with Crippen molar-refractivity contribution in [3.63, 3.8) is 0 Å². The number of carboxylic acid groups (broad SMARTS) is 1. The molecule has 0 bridgehead atoms. The predicted molar refractivity (Wildman–Crippen MR) is 75.5 cm³/mol. The Morgan fingerprint density at radius 3 is 2.50 bits per heavy atom. The molecule has 18 heavy (non-hydrogen) atoms. The predicted octanol–water partition coefficient (Wildman–Crippen LogP) is 4.94.